The quantitative estimate of drug-likeness (QED) is 0.880. The second kappa shape index (κ2) is 6.89. The Morgan fingerprint density at radius 1 is 1.24 bits per heavy atom. The van der Waals surface area contributed by atoms with Gasteiger partial charge in [-0.05, 0) is 30.5 Å². The molecule has 0 radical (unpaired) electrons. The molecule has 5 heteroatoms. The predicted octanol–water partition coefficient (Wildman–Crippen LogP) is 4.15. The van der Waals surface area contributed by atoms with Gasteiger partial charge in [-0.3, -0.25) is 0 Å². The van der Waals surface area contributed by atoms with Crippen LogP contribution in [0, 0.1) is 5.92 Å². The zero-order valence-corrected chi connectivity index (χ0v) is 14.4. The molecule has 112 valence electrons. The van der Waals surface area contributed by atoms with Crippen molar-refractivity contribution in [2.75, 3.05) is 19.5 Å². The monoisotopic (exact) mass is 349 g/mol. The first-order chi connectivity index (χ1) is 10.0. The smallest absolute Gasteiger partial charge is 0.163 e. The number of nitrogens with one attached hydrogen (secondary N) is 1. The molecule has 0 saturated carbocycles. The first kappa shape index (κ1) is 15.8. The molecule has 0 aliphatic carbocycles. The van der Waals surface area contributed by atoms with Crippen LogP contribution >= 0.6 is 15.9 Å². The minimum Gasteiger partial charge on any atom is -0.497 e. The summed E-state index contributed by atoms with van der Waals surface area (Å²) in [5, 5.41) is 3.10. The van der Waals surface area contributed by atoms with Gasteiger partial charge in [-0.1, -0.05) is 29.8 Å². The molecule has 0 fully saturated rings. The van der Waals surface area contributed by atoms with E-state index in [1.807, 2.05) is 31.3 Å². The van der Waals surface area contributed by atoms with E-state index in [1.54, 1.807) is 7.11 Å². The van der Waals surface area contributed by atoms with E-state index in [-0.39, 0.29) is 0 Å². The van der Waals surface area contributed by atoms with Crippen LogP contribution in [0.25, 0.3) is 11.4 Å². The lowest BCUT2D eigenvalue weighted by Gasteiger charge is -2.11. The zero-order valence-electron chi connectivity index (χ0n) is 12.8. The maximum atomic E-state index is 5.29. The summed E-state index contributed by atoms with van der Waals surface area (Å²) in [7, 11) is 3.52. The van der Waals surface area contributed by atoms with Gasteiger partial charge in [-0.2, -0.15) is 0 Å². The van der Waals surface area contributed by atoms with Gasteiger partial charge >= 0.3 is 0 Å². The van der Waals surface area contributed by atoms with E-state index < -0.39 is 0 Å². The normalized spacial score (nSPS) is 10.8. The highest BCUT2D eigenvalue weighted by molar-refractivity contribution is 9.10. The van der Waals surface area contributed by atoms with Gasteiger partial charge in [-0.15, -0.1) is 0 Å². The molecular formula is C16H20BrN3O. The average molecular weight is 350 g/mol. The third-order valence-electron chi connectivity index (χ3n) is 3.07. The summed E-state index contributed by atoms with van der Waals surface area (Å²) in [5.74, 6) is 2.86. The number of ether oxygens (including phenoxy) is 1. The first-order valence-corrected chi connectivity index (χ1v) is 7.72. The Hall–Kier alpha value is -1.62. The van der Waals surface area contributed by atoms with Crippen molar-refractivity contribution >= 4 is 21.7 Å². The number of nitrogens with zero attached hydrogens (tertiary/aromatic N) is 2. The van der Waals surface area contributed by atoms with Crippen LogP contribution in [0.1, 0.15) is 19.5 Å². The number of hydrogen-bond donors (Lipinski definition) is 1. The van der Waals surface area contributed by atoms with E-state index in [1.165, 1.54) is 0 Å². The molecular weight excluding hydrogens is 330 g/mol. The van der Waals surface area contributed by atoms with Crippen molar-refractivity contribution < 1.29 is 4.74 Å². The van der Waals surface area contributed by atoms with Crippen LogP contribution in [0.15, 0.2) is 28.7 Å². The molecule has 0 saturated heterocycles. The summed E-state index contributed by atoms with van der Waals surface area (Å²) < 4.78 is 6.24. The van der Waals surface area contributed by atoms with Crippen molar-refractivity contribution in [3.05, 3.63) is 34.4 Å². The number of benzene rings is 1. The van der Waals surface area contributed by atoms with Gasteiger partial charge in [0.25, 0.3) is 0 Å². The molecule has 0 spiro atoms. The fraction of sp³-hybridized carbons (Fsp3) is 0.375. The molecule has 0 unspecified atom stereocenters. The maximum Gasteiger partial charge on any atom is 0.163 e. The van der Waals surface area contributed by atoms with Crippen LogP contribution in [0.2, 0.25) is 0 Å². The minimum atomic E-state index is 0.547. The Morgan fingerprint density at radius 3 is 2.62 bits per heavy atom. The lowest BCUT2D eigenvalue weighted by molar-refractivity contribution is 0.415. The lowest BCUT2D eigenvalue weighted by Crippen LogP contribution is -2.04. The third-order valence-corrected chi connectivity index (χ3v) is 3.76. The topological polar surface area (TPSA) is 47.0 Å². The number of halogens is 1. The molecule has 1 heterocycles. The standard InChI is InChI=1S/C16H20BrN3O/c1-10(2)7-11-8-15(18-3)20-16(19-11)13-9-12(21-4)5-6-14(13)17/h5-6,8-10H,7H2,1-4H3,(H,18,19,20). The third kappa shape index (κ3) is 3.94. The van der Waals surface area contributed by atoms with Crippen molar-refractivity contribution in [2.45, 2.75) is 20.3 Å². The Balaban J connectivity index is 2.51. The van der Waals surface area contributed by atoms with Crippen LogP contribution in [-0.4, -0.2) is 24.1 Å². The fourth-order valence-corrected chi connectivity index (χ4v) is 2.50. The molecule has 0 atom stereocenters. The average Bonchev–Trinajstić information content (AvgIpc) is 2.46. The summed E-state index contributed by atoms with van der Waals surface area (Å²) in [5.41, 5.74) is 1.96. The van der Waals surface area contributed by atoms with Crippen LogP contribution in [0.3, 0.4) is 0 Å². The molecule has 1 N–H and O–H groups in total. The van der Waals surface area contributed by atoms with Gasteiger partial charge in [-0.25, -0.2) is 9.97 Å². The maximum absolute atomic E-state index is 5.29. The van der Waals surface area contributed by atoms with Gasteiger partial charge < -0.3 is 10.1 Å². The second-order valence-corrected chi connectivity index (χ2v) is 6.12. The Kier molecular flexibility index (Phi) is 5.17. The highest BCUT2D eigenvalue weighted by atomic mass is 79.9. The summed E-state index contributed by atoms with van der Waals surface area (Å²) in [6.07, 6.45) is 0.922. The molecule has 1 aromatic carbocycles. The van der Waals surface area contributed by atoms with Crippen molar-refractivity contribution in [3.63, 3.8) is 0 Å². The number of hydrogen-bond acceptors (Lipinski definition) is 4. The van der Waals surface area contributed by atoms with Crippen molar-refractivity contribution in [3.8, 4) is 17.1 Å². The van der Waals surface area contributed by atoms with Crippen molar-refractivity contribution in [2.24, 2.45) is 5.92 Å². The molecule has 0 bridgehead atoms. The summed E-state index contributed by atoms with van der Waals surface area (Å²) in [4.78, 5) is 9.25. The number of rotatable bonds is 5. The largest absolute Gasteiger partial charge is 0.497 e. The highest BCUT2D eigenvalue weighted by Crippen LogP contribution is 2.30. The van der Waals surface area contributed by atoms with Gasteiger partial charge in [0.15, 0.2) is 5.82 Å². The SMILES string of the molecule is CNc1cc(CC(C)C)nc(-c2cc(OC)ccc2Br)n1. The van der Waals surface area contributed by atoms with Crippen LogP contribution in [0.4, 0.5) is 5.82 Å². The van der Waals surface area contributed by atoms with E-state index >= 15 is 0 Å². The zero-order chi connectivity index (χ0) is 15.4. The second-order valence-electron chi connectivity index (χ2n) is 5.26. The fourth-order valence-electron chi connectivity index (χ4n) is 2.07. The summed E-state index contributed by atoms with van der Waals surface area (Å²) >= 11 is 3.56. The van der Waals surface area contributed by atoms with Gasteiger partial charge in [0, 0.05) is 28.8 Å². The van der Waals surface area contributed by atoms with Crippen LogP contribution in [0.5, 0.6) is 5.75 Å². The number of methoxy groups -OCH3 is 1. The summed E-state index contributed by atoms with van der Waals surface area (Å²) in [6.45, 7) is 4.37. The predicted molar refractivity (Wildman–Crippen MR) is 89.8 cm³/mol. The van der Waals surface area contributed by atoms with Crippen molar-refractivity contribution in [1.29, 1.82) is 0 Å². The highest BCUT2D eigenvalue weighted by Gasteiger charge is 2.11. The molecule has 1 aromatic heterocycles. The van der Waals surface area contributed by atoms with Crippen molar-refractivity contribution in [1.82, 2.24) is 9.97 Å². The molecule has 0 amide bonds. The van der Waals surface area contributed by atoms with Gasteiger partial charge in [0.05, 0.1) is 7.11 Å². The van der Waals surface area contributed by atoms with E-state index in [9.17, 15) is 0 Å². The molecule has 0 aliphatic rings. The number of aromatic nitrogens is 2. The molecule has 0 aliphatic heterocycles. The molecule has 2 rings (SSSR count). The Labute approximate surface area is 134 Å². The van der Waals surface area contributed by atoms with Crippen LogP contribution in [-0.2, 0) is 6.42 Å². The van der Waals surface area contributed by atoms with E-state index in [0.717, 1.165) is 33.7 Å². The van der Waals surface area contributed by atoms with Gasteiger partial charge in [0.2, 0.25) is 0 Å². The Bertz CT molecular complexity index is 629. The lowest BCUT2D eigenvalue weighted by atomic mass is 10.1. The minimum absolute atomic E-state index is 0.547. The molecule has 4 nitrogen and oxygen atoms in total. The van der Waals surface area contributed by atoms with E-state index in [4.69, 9.17) is 9.72 Å². The van der Waals surface area contributed by atoms with E-state index in [2.05, 4.69) is 40.1 Å². The van der Waals surface area contributed by atoms with Crippen LogP contribution < -0.4 is 10.1 Å². The molecule has 21 heavy (non-hydrogen) atoms. The number of anilines is 1. The first-order valence-electron chi connectivity index (χ1n) is 6.93. The summed E-state index contributed by atoms with van der Waals surface area (Å²) in [6, 6.07) is 7.80. The van der Waals surface area contributed by atoms with E-state index in [0.29, 0.717) is 11.7 Å². The molecule has 2 aromatic rings. The Morgan fingerprint density at radius 2 is 2.00 bits per heavy atom. The van der Waals surface area contributed by atoms with Gasteiger partial charge in [0.1, 0.15) is 11.6 Å².